The molecule has 1 aromatic rings. The van der Waals surface area contributed by atoms with Crippen molar-refractivity contribution in [2.75, 3.05) is 0 Å². The van der Waals surface area contributed by atoms with Gasteiger partial charge < -0.3 is 0 Å². The molecule has 0 saturated heterocycles. The van der Waals surface area contributed by atoms with Crippen molar-refractivity contribution in [3.8, 4) is 0 Å². The summed E-state index contributed by atoms with van der Waals surface area (Å²) in [7, 11) is -3.56. The molecule has 0 heterocycles. The third-order valence-electron chi connectivity index (χ3n) is 4.84. The Morgan fingerprint density at radius 3 is 1.79 bits per heavy atom. The first kappa shape index (κ1) is 24.6. The van der Waals surface area contributed by atoms with Crippen LogP contribution in [-0.4, -0.2) is 14.5 Å². The zero-order valence-electron chi connectivity index (χ0n) is 17.4. The molecule has 4 heteroatoms. The molecule has 1 aromatic carbocycles. The summed E-state index contributed by atoms with van der Waals surface area (Å²) >= 11 is 0. The lowest BCUT2D eigenvalue weighted by Crippen LogP contribution is -2.20. The summed E-state index contributed by atoms with van der Waals surface area (Å²) < 4.78 is 30.7. The van der Waals surface area contributed by atoms with Gasteiger partial charge in [-0.1, -0.05) is 81.0 Å². The van der Waals surface area contributed by atoms with Gasteiger partial charge in [0.2, 0.25) is 0 Å². The lowest BCUT2D eigenvalue weighted by Gasteiger charge is -2.18. The second-order valence-electron chi connectivity index (χ2n) is 7.47. The van der Waals surface area contributed by atoms with Crippen molar-refractivity contribution in [2.45, 2.75) is 88.9 Å². The molecule has 0 amide bonds. The highest BCUT2D eigenvalue weighted by atomic mass is 32.2. The third-order valence-corrected chi connectivity index (χ3v) is 6.09. The van der Waals surface area contributed by atoms with Gasteiger partial charge in [0.25, 0.3) is 10.1 Å². The second-order valence-corrected chi connectivity index (χ2v) is 9.06. The molecule has 1 rings (SSSR count). The van der Waals surface area contributed by atoms with Crippen molar-refractivity contribution >= 4 is 10.1 Å². The maximum atomic E-state index is 12.5. The van der Waals surface area contributed by atoms with E-state index in [1.54, 1.807) is 0 Å². The van der Waals surface area contributed by atoms with E-state index in [0.717, 1.165) is 82.6 Å². The summed E-state index contributed by atoms with van der Waals surface area (Å²) in [6, 6.07) is 9.26. The van der Waals surface area contributed by atoms with Crippen LogP contribution in [0.3, 0.4) is 0 Å². The van der Waals surface area contributed by atoms with Gasteiger partial charge in [0.15, 0.2) is 0 Å². The van der Waals surface area contributed by atoms with Crippen LogP contribution in [0.25, 0.3) is 0 Å². The Morgan fingerprint density at radius 2 is 1.29 bits per heavy atom. The van der Waals surface area contributed by atoms with Crippen LogP contribution in [0.15, 0.2) is 55.6 Å². The van der Waals surface area contributed by atoms with Gasteiger partial charge in [0.1, 0.15) is 5.75 Å². The number of benzene rings is 1. The van der Waals surface area contributed by atoms with Crippen LogP contribution in [0.4, 0.5) is 0 Å². The summed E-state index contributed by atoms with van der Waals surface area (Å²) in [6.45, 7) is 7.50. The smallest absolute Gasteiger partial charge is 0.267 e. The molecule has 0 aliphatic rings. The van der Waals surface area contributed by atoms with Gasteiger partial charge in [-0.3, -0.25) is 4.18 Å². The number of allylic oxidation sites excluding steroid dienone is 2. The predicted octanol–water partition coefficient (Wildman–Crippen LogP) is 6.95. The lowest BCUT2D eigenvalue weighted by atomic mass is 10.0. The molecule has 28 heavy (non-hydrogen) atoms. The molecule has 0 spiro atoms. The molecular formula is C24H38O3S. The Labute approximate surface area is 173 Å². The molecule has 0 bridgehead atoms. The Hall–Kier alpha value is -1.39. The van der Waals surface area contributed by atoms with E-state index in [2.05, 4.69) is 13.2 Å². The van der Waals surface area contributed by atoms with E-state index in [9.17, 15) is 8.42 Å². The summed E-state index contributed by atoms with van der Waals surface area (Å²) in [4.78, 5) is 0. The van der Waals surface area contributed by atoms with Crippen molar-refractivity contribution in [1.82, 2.24) is 0 Å². The molecule has 0 radical (unpaired) electrons. The first-order valence-corrected chi connectivity index (χ1v) is 12.3. The molecule has 0 saturated carbocycles. The second kappa shape index (κ2) is 15.5. The zero-order chi connectivity index (χ0) is 20.5. The molecule has 0 aromatic heterocycles. The highest BCUT2D eigenvalue weighted by Gasteiger charge is 2.20. The van der Waals surface area contributed by atoms with Gasteiger partial charge in [-0.15, -0.1) is 13.2 Å². The Kier molecular flexibility index (Phi) is 13.7. The fraction of sp³-hybridized carbons (Fsp3) is 0.583. The predicted molar refractivity (Wildman–Crippen MR) is 120 cm³/mol. The normalized spacial score (nSPS) is 11.6. The van der Waals surface area contributed by atoms with Crippen LogP contribution < -0.4 is 0 Å². The standard InChI is InChI=1S/C24H38O3S/c1-3-5-7-9-11-16-20-24(21-17-12-10-8-6-4-2)27-28(25,26)22-23-18-14-13-15-19-23/h3-4,13-15,18-19,24H,1-2,5-12,16-17,20-22H2. The number of hydrogen-bond acceptors (Lipinski definition) is 3. The molecule has 0 atom stereocenters. The summed E-state index contributed by atoms with van der Waals surface area (Å²) in [5.74, 6) is -0.0526. The molecular weight excluding hydrogens is 368 g/mol. The van der Waals surface area contributed by atoms with E-state index in [1.165, 1.54) is 0 Å². The average molecular weight is 407 g/mol. The minimum Gasteiger partial charge on any atom is -0.267 e. The molecule has 0 fully saturated rings. The zero-order valence-corrected chi connectivity index (χ0v) is 18.2. The Morgan fingerprint density at radius 1 is 0.786 bits per heavy atom. The van der Waals surface area contributed by atoms with E-state index in [-0.39, 0.29) is 11.9 Å². The monoisotopic (exact) mass is 406 g/mol. The van der Waals surface area contributed by atoms with E-state index in [4.69, 9.17) is 4.18 Å². The van der Waals surface area contributed by atoms with Crippen molar-refractivity contribution in [3.05, 3.63) is 61.2 Å². The Bertz CT molecular complexity index is 603. The van der Waals surface area contributed by atoms with Crippen LogP contribution in [0.1, 0.15) is 82.6 Å². The largest absolute Gasteiger partial charge is 0.271 e. The minimum atomic E-state index is -3.56. The lowest BCUT2D eigenvalue weighted by molar-refractivity contribution is 0.179. The highest BCUT2D eigenvalue weighted by Crippen LogP contribution is 2.20. The molecule has 158 valence electrons. The van der Waals surface area contributed by atoms with Crippen molar-refractivity contribution in [1.29, 1.82) is 0 Å². The van der Waals surface area contributed by atoms with Gasteiger partial charge in [-0.05, 0) is 44.1 Å². The molecule has 0 N–H and O–H groups in total. The molecule has 3 nitrogen and oxygen atoms in total. The van der Waals surface area contributed by atoms with Crippen molar-refractivity contribution in [3.63, 3.8) is 0 Å². The SMILES string of the molecule is C=CCCCCCCC(CCCCCCC=C)OS(=O)(=O)Cc1ccccc1. The summed E-state index contributed by atoms with van der Waals surface area (Å²) in [6.07, 6.45) is 16.3. The fourth-order valence-corrected chi connectivity index (χ4v) is 4.56. The van der Waals surface area contributed by atoms with Gasteiger partial charge >= 0.3 is 0 Å². The fourth-order valence-electron chi connectivity index (χ4n) is 3.29. The maximum Gasteiger partial charge on any atom is 0.271 e. The quantitative estimate of drug-likeness (QED) is 0.150. The summed E-state index contributed by atoms with van der Waals surface area (Å²) in [5, 5.41) is 0. The van der Waals surface area contributed by atoms with Crippen molar-refractivity contribution < 1.29 is 12.6 Å². The topological polar surface area (TPSA) is 43.4 Å². The van der Waals surface area contributed by atoms with Crippen LogP contribution in [0.5, 0.6) is 0 Å². The van der Waals surface area contributed by atoms with E-state index in [1.807, 2.05) is 42.5 Å². The first-order valence-electron chi connectivity index (χ1n) is 10.7. The summed E-state index contributed by atoms with van der Waals surface area (Å²) in [5.41, 5.74) is 0.773. The van der Waals surface area contributed by atoms with E-state index < -0.39 is 10.1 Å². The van der Waals surface area contributed by atoms with Gasteiger partial charge in [-0.25, -0.2) is 0 Å². The number of hydrogen-bond donors (Lipinski definition) is 0. The van der Waals surface area contributed by atoms with Gasteiger partial charge in [0, 0.05) is 0 Å². The first-order chi connectivity index (χ1) is 13.6. The number of unbranched alkanes of at least 4 members (excludes halogenated alkanes) is 8. The van der Waals surface area contributed by atoms with Crippen LogP contribution in [0.2, 0.25) is 0 Å². The maximum absolute atomic E-state index is 12.5. The third kappa shape index (κ3) is 12.9. The Balaban J connectivity index is 2.47. The minimum absolute atomic E-state index is 0.0526. The highest BCUT2D eigenvalue weighted by molar-refractivity contribution is 7.85. The average Bonchev–Trinajstić information content (AvgIpc) is 2.67. The van der Waals surface area contributed by atoms with Gasteiger partial charge in [0.05, 0.1) is 6.10 Å². The van der Waals surface area contributed by atoms with E-state index >= 15 is 0 Å². The molecule has 0 aliphatic heterocycles. The van der Waals surface area contributed by atoms with Crippen LogP contribution >= 0.6 is 0 Å². The van der Waals surface area contributed by atoms with Gasteiger partial charge in [-0.2, -0.15) is 8.42 Å². The van der Waals surface area contributed by atoms with Crippen molar-refractivity contribution in [2.24, 2.45) is 0 Å². The van der Waals surface area contributed by atoms with Crippen LogP contribution in [-0.2, 0) is 20.1 Å². The molecule has 0 unspecified atom stereocenters. The molecule has 0 aliphatic carbocycles. The van der Waals surface area contributed by atoms with E-state index in [0.29, 0.717) is 0 Å². The van der Waals surface area contributed by atoms with Crippen LogP contribution in [0, 0.1) is 0 Å². The number of rotatable bonds is 18.